The summed E-state index contributed by atoms with van der Waals surface area (Å²) in [6, 6.07) is 7.17. The van der Waals surface area contributed by atoms with Gasteiger partial charge in [-0.3, -0.25) is 19.2 Å². The average Bonchev–Trinajstić information content (AvgIpc) is 2.78. The molecule has 2 unspecified atom stereocenters. The predicted molar refractivity (Wildman–Crippen MR) is 124 cm³/mol. The number of carbonyl (C=O) groups excluding carboxylic acids is 5. The molecule has 0 spiro atoms. The van der Waals surface area contributed by atoms with Crippen LogP contribution in [0.25, 0.3) is 0 Å². The number of methoxy groups -OCH3 is 1. The first kappa shape index (κ1) is 28.6. The number of ketones is 1. The third-order valence-corrected chi connectivity index (χ3v) is 4.52. The molecular weight excluding hydrogens is 444 g/mol. The number of hydrogen-bond donors (Lipinski definition) is 4. The van der Waals surface area contributed by atoms with E-state index in [1.165, 1.54) is 14.0 Å². The third-order valence-electron chi connectivity index (χ3n) is 4.52. The molecule has 0 radical (unpaired) electrons. The average molecular weight is 479 g/mol. The number of hydrogen-bond acceptors (Lipinski definition) is 7. The van der Waals surface area contributed by atoms with Gasteiger partial charge in [-0.1, -0.05) is 44.2 Å². The fourth-order valence-electron chi connectivity index (χ4n) is 2.88. The molecule has 0 aliphatic carbocycles. The van der Waals surface area contributed by atoms with Crippen LogP contribution in [-0.4, -0.2) is 68.5 Å². The number of rotatable bonds is 14. The van der Waals surface area contributed by atoms with Crippen molar-refractivity contribution in [2.75, 3.05) is 26.8 Å². The summed E-state index contributed by atoms with van der Waals surface area (Å²) < 4.78 is 9.96. The molecule has 11 nitrogen and oxygen atoms in total. The van der Waals surface area contributed by atoms with Gasteiger partial charge in [0.15, 0.2) is 5.78 Å². The smallest absolute Gasteiger partial charge is 0.408 e. The van der Waals surface area contributed by atoms with Gasteiger partial charge in [-0.05, 0) is 17.9 Å². The van der Waals surface area contributed by atoms with Gasteiger partial charge in [0.05, 0.1) is 6.54 Å². The van der Waals surface area contributed by atoms with Crippen LogP contribution in [0.2, 0.25) is 0 Å². The van der Waals surface area contributed by atoms with Crippen LogP contribution in [0, 0.1) is 5.92 Å². The molecule has 0 heterocycles. The van der Waals surface area contributed by atoms with Crippen LogP contribution in [0.4, 0.5) is 4.79 Å². The molecule has 1 aromatic rings. The van der Waals surface area contributed by atoms with E-state index in [0.29, 0.717) is 6.42 Å². The second-order valence-corrected chi connectivity index (χ2v) is 8.06. The molecule has 0 bridgehead atoms. The number of nitrogens with one attached hydrogen (secondary N) is 4. The van der Waals surface area contributed by atoms with Crippen molar-refractivity contribution in [1.82, 2.24) is 21.3 Å². The summed E-state index contributed by atoms with van der Waals surface area (Å²) in [6.45, 7) is 4.33. The molecule has 4 amide bonds. The van der Waals surface area contributed by atoms with Crippen LogP contribution in [0.5, 0.6) is 0 Å². The molecule has 188 valence electrons. The number of benzene rings is 1. The van der Waals surface area contributed by atoms with Gasteiger partial charge in [0.1, 0.15) is 25.3 Å². The summed E-state index contributed by atoms with van der Waals surface area (Å²) in [5.74, 6) is -1.92. The summed E-state index contributed by atoms with van der Waals surface area (Å²) in [4.78, 5) is 60.3. The quantitative estimate of drug-likeness (QED) is 0.300. The normalized spacial score (nSPS) is 12.3. The van der Waals surface area contributed by atoms with E-state index in [-0.39, 0.29) is 31.6 Å². The van der Waals surface area contributed by atoms with E-state index < -0.39 is 42.3 Å². The van der Waals surface area contributed by atoms with Gasteiger partial charge in [-0.15, -0.1) is 0 Å². The van der Waals surface area contributed by atoms with Gasteiger partial charge >= 0.3 is 6.09 Å². The molecule has 0 aromatic heterocycles. The number of amides is 4. The zero-order chi connectivity index (χ0) is 25.5. The molecule has 0 fully saturated rings. The maximum atomic E-state index is 12.6. The van der Waals surface area contributed by atoms with E-state index in [4.69, 9.17) is 9.47 Å². The van der Waals surface area contributed by atoms with E-state index in [2.05, 4.69) is 21.3 Å². The van der Waals surface area contributed by atoms with E-state index in [9.17, 15) is 24.0 Å². The summed E-state index contributed by atoms with van der Waals surface area (Å²) >= 11 is 0. The Labute approximate surface area is 199 Å². The van der Waals surface area contributed by atoms with Gasteiger partial charge in [0.2, 0.25) is 17.7 Å². The Balaban J connectivity index is 2.62. The van der Waals surface area contributed by atoms with Crippen LogP contribution in [0.1, 0.15) is 32.8 Å². The van der Waals surface area contributed by atoms with Gasteiger partial charge < -0.3 is 30.7 Å². The van der Waals surface area contributed by atoms with Gasteiger partial charge in [0.25, 0.3) is 0 Å². The van der Waals surface area contributed by atoms with E-state index in [1.807, 2.05) is 32.0 Å². The van der Waals surface area contributed by atoms with Crippen molar-refractivity contribution in [3.63, 3.8) is 0 Å². The maximum absolute atomic E-state index is 12.6. The van der Waals surface area contributed by atoms with Gasteiger partial charge in [-0.25, -0.2) is 4.79 Å². The molecule has 2 atom stereocenters. The molecule has 0 saturated heterocycles. The van der Waals surface area contributed by atoms with Crippen LogP contribution >= 0.6 is 0 Å². The summed E-state index contributed by atoms with van der Waals surface area (Å²) in [6.07, 6.45) is -0.430. The predicted octanol–water partition coefficient (Wildman–Crippen LogP) is 0.280. The summed E-state index contributed by atoms with van der Waals surface area (Å²) in [5, 5.41) is 9.91. The van der Waals surface area contributed by atoms with Crippen molar-refractivity contribution in [3.05, 3.63) is 35.9 Å². The number of alkyl carbamates (subject to hydrolysis) is 1. The molecular formula is C23H34N4O7. The Morgan fingerprint density at radius 2 is 1.62 bits per heavy atom. The first-order chi connectivity index (χ1) is 16.1. The highest BCUT2D eigenvalue weighted by Crippen LogP contribution is 2.06. The zero-order valence-electron chi connectivity index (χ0n) is 20.0. The van der Waals surface area contributed by atoms with Crippen molar-refractivity contribution < 1.29 is 33.4 Å². The fourth-order valence-corrected chi connectivity index (χ4v) is 2.88. The molecule has 0 saturated carbocycles. The minimum atomic E-state index is -1.01. The van der Waals surface area contributed by atoms with Crippen molar-refractivity contribution >= 4 is 29.6 Å². The Bertz CT molecular complexity index is 830. The Morgan fingerprint density at radius 3 is 2.21 bits per heavy atom. The van der Waals surface area contributed by atoms with Crippen molar-refractivity contribution in [1.29, 1.82) is 0 Å². The lowest BCUT2D eigenvalue weighted by Crippen LogP contribution is -2.53. The van der Waals surface area contributed by atoms with Gasteiger partial charge in [-0.2, -0.15) is 0 Å². The molecule has 0 aliphatic rings. The first-order valence-corrected chi connectivity index (χ1v) is 10.9. The van der Waals surface area contributed by atoms with Crippen LogP contribution in [-0.2, 0) is 35.3 Å². The number of ether oxygens (including phenoxy) is 2. The highest BCUT2D eigenvalue weighted by atomic mass is 16.5. The van der Waals surface area contributed by atoms with Crippen LogP contribution in [0.15, 0.2) is 30.3 Å². The zero-order valence-corrected chi connectivity index (χ0v) is 20.0. The Morgan fingerprint density at radius 1 is 0.941 bits per heavy atom. The van der Waals surface area contributed by atoms with E-state index in [0.717, 1.165) is 5.56 Å². The molecule has 1 aromatic carbocycles. The highest BCUT2D eigenvalue weighted by molar-refractivity contribution is 5.93. The van der Waals surface area contributed by atoms with E-state index in [1.54, 1.807) is 12.1 Å². The van der Waals surface area contributed by atoms with Crippen molar-refractivity contribution in [2.45, 2.75) is 45.9 Å². The van der Waals surface area contributed by atoms with Gasteiger partial charge in [0, 0.05) is 20.6 Å². The second kappa shape index (κ2) is 15.4. The Hall–Kier alpha value is -3.47. The van der Waals surface area contributed by atoms with Crippen LogP contribution < -0.4 is 21.3 Å². The molecule has 0 aliphatic heterocycles. The standard InChI is InChI=1S/C23H34N4O7/c1-15(2)10-18(27-23(32)34-13-17-8-6-5-7-9-17)22(31)25-12-21(30)26-19(11-24-16(3)28)20(29)14-33-4/h5-9,15,18-19H,10-14H2,1-4H3,(H,24,28)(H,25,31)(H,26,30)(H,27,32). The fraction of sp³-hybridized carbons (Fsp3) is 0.522. The molecule has 11 heteroatoms. The van der Waals surface area contributed by atoms with E-state index >= 15 is 0 Å². The molecule has 4 N–H and O–H groups in total. The third kappa shape index (κ3) is 12.0. The lowest BCUT2D eigenvalue weighted by Gasteiger charge is -2.21. The monoisotopic (exact) mass is 478 g/mol. The number of Topliss-reactive ketones (excluding diaryl/α,β-unsaturated/α-hetero) is 1. The second-order valence-electron chi connectivity index (χ2n) is 8.06. The van der Waals surface area contributed by atoms with Crippen molar-refractivity contribution in [3.8, 4) is 0 Å². The number of carbonyl (C=O) groups is 5. The first-order valence-electron chi connectivity index (χ1n) is 10.9. The summed E-state index contributed by atoms with van der Waals surface area (Å²) in [5.41, 5.74) is 0.802. The maximum Gasteiger partial charge on any atom is 0.408 e. The van der Waals surface area contributed by atoms with Crippen LogP contribution in [0.3, 0.4) is 0 Å². The lowest BCUT2D eigenvalue weighted by molar-refractivity contribution is -0.131. The van der Waals surface area contributed by atoms with Crippen molar-refractivity contribution in [2.24, 2.45) is 5.92 Å². The minimum absolute atomic E-state index is 0.0519. The summed E-state index contributed by atoms with van der Waals surface area (Å²) in [7, 11) is 1.34. The Kier molecular flexibility index (Phi) is 12.9. The SMILES string of the molecule is COCC(=O)C(CNC(C)=O)NC(=O)CNC(=O)C(CC(C)C)NC(=O)OCc1ccccc1. The largest absolute Gasteiger partial charge is 0.445 e. The molecule has 34 heavy (non-hydrogen) atoms. The lowest BCUT2D eigenvalue weighted by atomic mass is 10.0. The topological polar surface area (TPSA) is 152 Å². The molecule has 1 rings (SSSR count). The minimum Gasteiger partial charge on any atom is -0.445 e. The highest BCUT2D eigenvalue weighted by Gasteiger charge is 2.25.